The summed E-state index contributed by atoms with van der Waals surface area (Å²) in [6.45, 7) is 3.77. The van der Waals surface area contributed by atoms with Crippen molar-refractivity contribution >= 4 is 29.3 Å². The number of allylic oxidation sites excluding steroid dienone is 2. The maximum absolute atomic E-state index is 13.2. The van der Waals surface area contributed by atoms with Crippen molar-refractivity contribution in [3.63, 3.8) is 0 Å². The minimum Gasteiger partial charge on any atom is -0.468 e. The molecule has 36 heavy (non-hydrogen) atoms. The molecule has 0 saturated heterocycles. The predicted molar refractivity (Wildman–Crippen MR) is 138 cm³/mol. The zero-order chi connectivity index (χ0) is 25.5. The zero-order valence-corrected chi connectivity index (χ0v) is 20.7. The van der Waals surface area contributed by atoms with Crippen molar-refractivity contribution in [2.24, 2.45) is 0 Å². The largest absolute Gasteiger partial charge is 0.468 e. The van der Waals surface area contributed by atoms with Crippen LogP contribution in [0.15, 0.2) is 99.3 Å². The minimum absolute atomic E-state index is 0.0772. The first-order valence-electron chi connectivity index (χ1n) is 11.3. The van der Waals surface area contributed by atoms with Crippen LogP contribution in [-0.4, -0.2) is 17.6 Å². The predicted octanol–water partition coefficient (Wildman–Crippen LogP) is 5.40. The molecule has 0 saturated carbocycles. The Labute approximate surface area is 213 Å². The highest BCUT2D eigenvalue weighted by molar-refractivity contribution is 8.03. The van der Waals surface area contributed by atoms with E-state index in [1.54, 1.807) is 19.1 Å². The normalized spacial score (nSPS) is 15.2. The molecule has 3 aromatic rings. The molecule has 4 rings (SSSR count). The third-order valence-corrected chi connectivity index (χ3v) is 6.69. The maximum Gasteiger partial charge on any atom is 0.337 e. The van der Waals surface area contributed by atoms with E-state index in [9.17, 15) is 14.9 Å². The minimum atomic E-state index is -0.753. The van der Waals surface area contributed by atoms with Gasteiger partial charge in [-0.3, -0.25) is 4.79 Å². The lowest BCUT2D eigenvalue weighted by Crippen LogP contribution is -2.29. The van der Waals surface area contributed by atoms with Crippen LogP contribution < -0.4 is 10.6 Å². The standard InChI is InChI=1S/C28H25N3O4S/c1-18-9-6-7-12-22(18)31-24(32)17-36-27-21(15-29)26(23-13-8-14-34-23)25(19(2)30-27)28(33)35-16-20-10-4-3-5-11-20/h3-14,26,30H,16-17H2,1-2H3,(H,31,32)/t26-/m0/s1. The summed E-state index contributed by atoms with van der Waals surface area (Å²) in [6, 6.07) is 22.5. The summed E-state index contributed by atoms with van der Waals surface area (Å²) in [5, 5.41) is 16.6. The number of para-hydroxylation sites is 1. The summed E-state index contributed by atoms with van der Waals surface area (Å²) in [5.74, 6) is -0.976. The van der Waals surface area contributed by atoms with E-state index < -0.39 is 11.9 Å². The molecule has 182 valence electrons. The SMILES string of the molecule is CC1=C(C(=O)OCc2ccccc2)[C@H](c2ccco2)C(C#N)=C(SCC(=O)Nc2ccccc2C)N1. The molecule has 1 aliphatic heterocycles. The lowest BCUT2D eigenvalue weighted by molar-refractivity contribution is -0.140. The summed E-state index contributed by atoms with van der Waals surface area (Å²) in [5.41, 5.74) is 3.67. The second kappa shape index (κ2) is 11.5. The average molecular weight is 500 g/mol. The van der Waals surface area contributed by atoms with Gasteiger partial charge in [0.05, 0.1) is 40.2 Å². The van der Waals surface area contributed by atoms with Crippen molar-refractivity contribution in [1.82, 2.24) is 5.32 Å². The quantitative estimate of drug-likeness (QED) is 0.400. The number of benzene rings is 2. The monoisotopic (exact) mass is 499 g/mol. The van der Waals surface area contributed by atoms with Gasteiger partial charge in [0.15, 0.2) is 0 Å². The van der Waals surface area contributed by atoms with Gasteiger partial charge < -0.3 is 19.8 Å². The Morgan fingerprint density at radius 1 is 1.08 bits per heavy atom. The van der Waals surface area contributed by atoms with Crippen LogP contribution >= 0.6 is 11.8 Å². The number of nitriles is 1. The van der Waals surface area contributed by atoms with Crippen LogP contribution in [0.1, 0.15) is 29.7 Å². The number of thioether (sulfide) groups is 1. The van der Waals surface area contributed by atoms with E-state index in [4.69, 9.17) is 9.15 Å². The molecule has 0 bridgehead atoms. The van der Waals surface area contributed by atoms with Crippen molar-refractivity contribution in [2.75, 3.05) is 11.1 Å². The van der Waals surface area contributed by atoms with Crippen LogP contribution in [0.5, 0.6) is 0 Å². The Kier molecular flexibility index (Phi) is 7.93. The third kappa shape index (κ3) is 5.70. The number of hydrogen-bond donors (Lipinski definition) is 2. The summed E-state index contributed by atoms with van der Waals surface area (Å²) in [6.07, 6.45) is 1.50. The van der Waals surface area contributed by atoms with Crippen LogP contribution in [0.25, 0.3) is 0 Å². The molecule has 0 unspecified atom stereocenters. The molecule has 0 fully saturated rings. The number of carbonyl (C=O) groups excluding carboxylic acids is 2. The number of ether oxygens (including phenoxy) is 1. The van der Waals surface area contributed by atoms with Crippen LogP contribution in [0.3, 0.4) is 0 Å². The molecule has 2 heterocycles. The molecule has 2 aromatic carbocycles. The fourth-order valence-corrected chi connectivity index (χ4v) is 4.77. The summed E-state index contributed by atoms with van der Waals surface area (Å²) in [7, 11) is 0. The number of amides is 1. The lowest BCUT2D eigenvalue weighted by Gasteiger charge is -2.28. The Bertz CT molecular complexity index is 1350. The number of nitrogens with zero attached hydrogens (tertiary/aromatic N) is 1. The summed E-state index contributed by atoms with van der Waals surface area (Å²) < 4.78 is 11.2. The molecular weight excluding hydrogens is 474 g/mol. The summed E-state index contributed by atoms with van der Waals surface area (Å²) >= 11 is 1.20. The van der Waals surface area contributed by atoms with Gasteiger partial charge in [-0.1, -0.05) is 60.3 Å². The van der Waals surface area contributed by atoms with Gasteiger partial charge in [-0.2, -0.15) is 5.26 Å². The Morgan fingerprint density at radius 2 is 1.83 bits per heavy atom. The molecule has 1 aromatic heterocycles. The molecule has 7 nitrogen and oxygen atoms in total. The number of anilines is 1. The lowest BCUT2D eigenvalue weighted by atomic mass is 9.86. The highest BCUT2D eigenvalue weighted by Crippen LogP contribution is 2.41. The van der Waals surface area contributed by atoms with E-state index in [-0.39, 0.29) is 23.8 Å². The van der Waals surface area contributed by atoms with Gasteiger partial charge in [-0.05, 0) is 43.2 Å². The fourth-order valence-electron chi connectivity index (χ4n) is 3.88. The van der Waals surface area contributed by atoms with Crippen molar-refractivity contribution < 1.29 is 18.7 Å². The Morgan fingerprint density at radius 3 is 2.53 bits per heavy atom. The first-order chi connectivity index (χ1) is 17.5. The molecular formula is C28H25N3O4S. The van der Waals surface area contributed by atoms with Gasteiger partial charge in [0.2, 0.25) is 5.91 Å². The van der Waals surface area contributed by atoms with E-state index in [2.05, 4.69) is 16.7 Å². The second-order valence-corrected chi connectivity index (χ2v) is 9.17. The van der Waals surface area contributed by atoms with Gasteiger partial charge >= 0.3 is 5.97 Å². The first-order valence-corrected chi connectivity index (χ1v) is 12.3. The molecule has 0 spiro atoms. The number of aryl methyl sites for hydroxylation is 1. The van der Waals surface area contributed by atoms with Gasteiger partial charge in [-0.25, -0.2) is 4.79 Å². The number of nitrogens with one attached hydrogen (secondary N) is 2. The van der Waals surface area contributed by atoms with E-state index in [1.807, 2.05) is 61.5 Å². The molecule has 1 atom stereocenters. The number of furan rings is 1. The molecule has 2 N–H and O–H groups in total. The van der Waals surface area contributed by atoms with E-state index in [1.165, 1.54) is 18.0 Å². The first kappa shape index (κ1) is 24.9. The Hall–Kier alpha value is -4.22. The number of dihydropyridines is 1. The number of rotatable bonds is 8. The highest BCUT2D eigenvalue weighted by atomic mass is 32.2. The molecule has 0 radical (unpaired) electrons. The van der Waals surface area contributed by atoms with Crippen LogP contribution in [0, 0.1) is 18.3 Å². The van der Waals surface area contributed by atoms with E-state index in [0.717, 1.165) is 16.8 Å². The topological polar surface area (TPSA) is 104 Å². The van der Waals surface area contributed by atoms with Crippen molar-refractivity contribution in [2.45, 2.75) is 26.4 Å². The van der Waals surface area contributed by atoms with Gasteiger partial charge in [0.25, 0.3) is 0 Å². The molecule has 1 aliphatic rings. The van der Waals surface area contributed by atoms with Crippen molar-refractivity contribution in [3.05, 3.63) is 112 Å². The highest BCUT2D eigenvalue weighted by Gasteiger charge is 2.37. The van der Waals surface area contributed by atoms with Crippen molar-refractivity contribution in [3.8, 4) is 6.07 Å². The van der Waals surface area contributed by atoms with Crippen LogP contribution in [-0.2, 0) is 20.9 Å². The molecule has 0 aliphatic carbocycles. The third-order valence-electron chi connectivity index (χ3n) is 5.67. The Balaban J connectivity index is 1.54. The number of esters is 1. The zero-order valence-electron chi connectivity index (χ0n) is 19.9. The molecule has 8 heteroatoms. The number of carbonyl (C=O) groups is 2. The molecule has 1 amide bonds. The van der Waals surface area contributed by atoms with Gasteiger partial charge in [-0.15, -0.1) is 0 Å². The van der Waals surface area contributed by atoms with Crippen LogP contribution in [0.4, 0.5) is 5.69 Å². The van der Waals surface area contributed by atoms with Gasteiger partial charge in [0.1, 0.15) is 12.4 Å². The number of hydrogen-bond acceptors (Lipinski definition) is 7. The van der Waals surface area contributed by atoms with E-state index >= 15 is 0 Å². The smallest absolute Gasteiger partial charge is 0.337 e. The maximum atomic E-state index is 13.2. The van der Waals surface area contributed by atoms with E-state index in [0.29, 0.717) is 22.1 Å². The van der Waals surface area contributed by atoms with Crippen molar-refractivity contribution in [1.29, 1.82) is 5.26 Å². The average Bonchev–Trinajstić information content (AvgIpc) is 3.42. The second-order valence-electron chi connectivity index (χ2n) is 8.18. The summed E-state index contributed by atoms with van der Waals surface area (Å²) in [4.78, 5) is 25.8. The fraction of sp³-hybridized carbons (Fsp3) is 0.179. The van der Waals surface area contributed by atoms with Crippen LogP contribution in [0.2, 0.25) is 0 Å². The van der Waals surface area contributed by atoms with Gasteiger partial charge in [0, 0.05) is 11.4 Å².